The monoisotopic (exact) mass is 290 g/mol. The van der Waals surface area contributed by atoms with Gasteiger partial charge < -0.3 is 10.5 Å². The number of hydrogen-bond acceptors (Lipinski definition) is 3. The van der Waals surface area contributed by atoms with Gasteiger partial charge in [0, 0.05) is 11.8 Å². The van der Waals surface area contributed by atoms with Crippen molar-refractivity contribution >= 4 is 11.6 Å². The predicted octanol–water partition coefficient (Wildman–Crippen LogP) is 2.76. The van der Waals surface area contributed by atoms with Crippen LogP contribution >= 0.6 is 11.6 Å². The molecule has 1 heterocycles. The Morgan fingerprint density at radius 2 is 2.15 bits per heavy atom. The van der Waals surface area contributed by atoms with Crippen molar-refractivity contribution in [3.63, 3.8) is 0 Å². The first-order chi connectivity index (χ1) is 9.69. The first-order valence-corrected chi connectivity index (χ1v) is 6.27. The first-order valence-electron chi connectivity index (χ1n) is 5.90. The van der Waals surface area contributed by atoms with Gasteiger partial charge >= 0.3 is 0 Å². The molecular formula is C15H12ClFN2O. The molecule has 1 aromatic carbocycles. The number of rotatable bonds is 3. The van der Waals surface area contributed by atoms with Crippen molar-refractivity contribution in [2.75, 3.05) is 6.54 Å². The zero-order chi connectivity index (χ0) is 14.4. The second kappa shape index (κ2) is 6.90. The third-order valence-electron chi connectivity index (χ3n) is 2.44. The van der Waals surface area contributed by atoms with Gasteiger partial charge in [0.2, 0.25) is 0 Å². The number of nitrogens with two attached hydrogens (primary N) is 1. The Bertz CT molecular complexity index is 664. The highest BCUT2D eigenvalue weighted by Gasteiger charge is 2.02. The second-order valence-electron chi connectivity index (χ2n) is 3.95. The maximum absolute atomic E-state index is 13.0. The fourth-order valence-electron chi connectivity index (χ4n) is 1.52. The van der Waals surface area contributed by atoms with Gasteiger partial charge in [-0.15, -0.1) is 0 Å². The predicted molar refractivity (Wildman–Crippen MR) is 75.9 cm³/mol. The van der Waals surface area contributed by atoms with Crippen LogP contribution in [0.2, 0.25) is 5.02 Å². The maximum Gasteiger partial charge on any atom is 0.141 e. The molecule has 0 unspecified atom stereocenters. The molecule has 0 amide bonds. The molecule has 2 rings (SSSR count). The summed E-state index contributed by atoms with van der Waals surface area (Å²) in [5.74, 6) is 5.74. The fraction of sp³-hybridized carbons (Fsp3) is 0.133. The summed E-state index contributed by atoms with van der Waals surface area (Å²) in [5.41, 5.74) is 6.81. The molecule has 102 valence electrons. The zero-order valence-corrected chi connectivity index (χ0v) is 11.3. The van der Waals surface area contributed by atoms with Crippen LogP contribution in [0.15, 0.2) is 36.7 Å². The Morgan fingerprint density at radius 3 is 2.90 bits per heavy atom. The smallest absolute Gasteiger partial charge is 0.141 e. The van der Waals surface area contributed by atoms with E-state index >= 15 is 0 Å². The van der Waals surface area contributed by atoms with Crippen LogP contribution in [-0.4, -0.2) is 11.5 Å². The minimum Gasteiger partial charge on any atom is -0.487 e. The largest absolute Gasteiger partial charge is 0.487 e. The van der Waals surface area contributed by atoms with Gasteiger partial charge in [-0.3, -0.25) is 4.98 Å². The Balaban J connectivity index is 2.05. The molecule has 0 saturated carbocycles. The highest BCUT2D eigenvalue weighted by atomic mass is 35.5. The lowest BCUT2D eigenvalue weighted by molar-refractivity contribution is 0.305. The van der Waals surface area contributed by atoms with E-state index in [4.69, 9.17) is 22.1 Å². The number of benzene rings is 1. The van der Waals surface area contributed by atoms with E-state index in [-0.39, 0.29) is 11.6 Å². The van der Waals surface area contributed by atoms with Gasteiger partial charge in [0.1, 0.15) is 18.2 Å². The van der Waals surface area contributed by atoms with Crippen LogP contribution < -0.4 is 10.5 Å². The summed E-state index contributed by atoms with van der Waals surface area (Å²) < 4.78 is 18.6. The minimum absolute atomic E-state index is 0.0757. The lowest BCUT2D eigenvalue weighted by Gasteiger charge is -2.06. The van der Waals surface area contributed by atoms with Crippen molar-refractivity contribution in [3.05, 3.63) is 58.6 Å². The van der Waals surface area contributed by atoms with Crippen molar-refractivity contribution in [2.24, 2.45) is 5.73 Å². The Kier molecular flexibility index (Phi) is 4.94. The Morgan fingerprint density at radius 1 is 1.30 bits per heavy atom. The van der Waals surface area contributed by atoms with Gasteiger partial charge in [0.15, 0.2) is 0 Å². The maximum atomic E-state index is 13.0. The first kappa shape index (κ1) is 14.3. The lowest BCUT2D eigenvalue weighted by Crippen LogP contribution is -1.97. The summed E-state index contributed by atoms with van der Waals surface area (Å²) in [6, 6.07) is 6.22. The summed E-state index contributed by atoms with van der Waals surface area (Å²) in [7, 11) is 0. The highest BCUT2D eigenvalue weighted by Crippen LogP contribution is 2.18. The number of ether oxygens (including phenoxy) is 1. The normalized spacial score (nSPS) is 9.75. The molecular weight excluding hydrogens is 279 g/mol. The minimum atomic E-state index is -0.448. The standard InChI is InChI=1S/C15H12ClFN2O/c16-14-7-12(3-4-15(14)17)10-20-13-6-11(2-1-5-18)8-19-9-13/h3-4,6-9H,5,10,18H2. The van der Waals surface area contributed by atoms with Crippen molar-refractivity contribution in [2.45, 2.75) is 6.61 Å². The molecule has 20 heavy (non-hydrogen) atoms. The topological polar surface area (TPSA) is 48.1 Å². The summed E-state index contributed by atoms with van der Waals surface area (Å²) >= 11 is 5.71. The number of nitrogens with zero attached hydrogens (tertiary/aromatic N) is 1. The molecule has 0 aliphatic heterocycles. The van der Waals surface area contributed by atoms with E-state index in [1.54, 1.807) is 24.5 Å². The number of halogens is 2. The molecule has 2 aromatic rings. The molecule has 5 heteroatoms. The Labute approximate surface area is 121 Å². The quantitative estimate of drug-likeness (QED) is 0.884. The van der Waals surface area contributed by atoms with Crippen LogP contribution in [0.3, 0.4) is 0 Å². The van der Waals surface area contributed by atoms with Crippen molar-refractivity contribution in [3.8, 4) is 17.6 Å². The van der Waals surface area contributed by atoms with Crippen molar-refractivity contribution < 1.29 is 9.13 Å². The van der Waals surface area contributed by atoms with E-state index in [1.807, 2.05) is 0 Å². The van der Waals surface area contributed by atoms with Gasteiger partial charge in [-0.05, 0) is 23.8 Å². The van der Waals surface area contributed by atoms with Crippen LogP contribution in [-0.2, 0) is 6.61 Å². The summed E-state index contributed by atoms with van der Waals surface area (Å²) in [6.07, 6.45) is 3.21. The molecule has 0 aliphatic carbocycles. The summed E-state index contributed by atoms with van der Waals surface area (Å²) in [6.45, 7) is 0.564. The third-order valence-corrected chi connectivity index (χ3v) is 2.73. The summed E-state index contributed by atoms with van der Waals surface area (Å²) in [4.78, 5) is 4.03. The lowest BCUT2D eigenvalue weighted by atomic mass is 10.2. The summed E-state index contributed by atoms with van der Waals surface area (Å²) in [5, 5.41) is 0.0757. The van der Waals surface area contributed by atoms with Gasteiger partial charge in [0.05, 0.1) is 17.8 Å². The van der Waals surface area contributed by atoms with E-state index in [1.165, 1.54) is 12.1 Å². The van der Waals surface area contributed by atoms with E-state index in [0.717, 1.165) is 11.1 Å². The van der Waals surface area contributed by atoms with Gasteiger partial charge in [-0.1, -0.05) is 29.5 Å². The van der Waals surface area contributed by atoms with Crippen molar-refractivity contribution in [1.29, 1.82) is 0 Å². The molecule has 0 fully saturated rings. The zero-order valence-electron chi connectivity index (χ0n) is 10.6. The van der Waals surface area contributed by atoms with E-state index in [0.29, 0.717) is 12.3 Å². The molecule has 0 spiro atoms. The van der Waals surface area contributed by atoms with Crippen LogP contribution in [0.1, 0.15) is 11.1 Å². The number of pyridine rings is 1. The molecule has 3 nitrogen and oxygen atoms in total. The molecule has 0 aliphatic rings. The second-order valence-corrected chi connectivity index (χ2v) is 4.36. The molecule has 0 atom stereocenters. The molecule has 0 radical (unpaired) electrons. The third kappa shape index (κ3) is 3.95. The fourth-order valence-corrected chi connectivity index (χ4v) is 1.72. The van der Waals surface area contributed by atoms with Crippen molar-refractivity contribution in [1.82, 2.24) is 4.98 Å². The molecule has 1 aromatic heterocycles. The van der Waals surface area contributed by atoms with Gasteiger partial charge in [-0.25, -0.2) is 4.39 Å². The van der Waals surface area contributed by atoms with Crippen LogP contribution in [0, 0.1) is 17.7 Å². The Hall–Kier alpha value is -2.09. The van der Waals surface area contributed by atoms with Crippen LogP contribution in [0.4, 0.5) is 4.39 Å². The van der Waals surface area contributed by atoms with Gasteiger partial charge in [0.25, 0.3) is 0 Å². The van der Waals surface area contributed by atoms with E-state index < -0.39 is 5.82 Å². The number of aromatic nitrogens is 1. The van der Waals surface area contributed by atoms with Crippen LogP contribution in [0.5, 0.6) is 5.75 Å². The van der Waals surface area contributed by atoms with E-state index in [9.17, 15) is 4.39 Å². The molecule has 2 N–H and O–H groups in total. The average Bonchev–Trinajstić information content (AvgIpc) is 2.47. The van der Waals surface area contributed by atoms with Crippen LogP contribution in [0.25, 0.3) is 0 Å². The van der Waals surface area contributed by atoms with E-state index in [2.05, 4.69) is 16.8 Å². The average molecular weight is 291 g/mol. The SMILES string of the molecule is NCC#Cc1cncc(OCc2ccc(F)c(Cl)c2)c1. The highest BCUT2D eigenvalue weighted by molar-refractivity contribution is 6.30. The number of hydrogen-bond donors (Lipinski definition) is 1. The molecule has 0 saturated heterocycles. The van der Waals surface area contributed by atoms with Gasteiger partial charge in [-0.2, -0.15) is 0 Å². The molecule has 0 bridgehead atoms.